The molecule has 1 unspecified atom stereocenters. The molecular formula is C16H21ClF5N3O3. The number of nitrogens with zero attached hydrogens (tertiary/aromatic N) is 2. The molecule has 0 aromatic carbocycles. The summed E-state index contributed by atoms with van der Waals surface area (Å²) >= 11 is 0. The van der Waals surface area contributed by atoms with E-state index < -0.39 is 53.6 Å². The second-order valence-corrected chi connectivity index (χ2v) is 6.74. The predicted octanol–water partition coefficient (Wildman–Crippen LogP) is 2.51. The largest absolute Gasteiger partial charge is 0.461 e. The van der Waals surface area contributed by atoms with Crippen LogP contribution >= 0.6 is 12.4 Å². The molecule has 1 rings (SSSR count). The molecule has 1 heterocycles. The fourth-order valence-corrected chi connectivity index (χ4v) is 2.25. The third kappa shape index (κ3) is 4.93. The normalized spacial score (nSPS) is 16.1. The summed E-state index contributed by atoms with van der Waals surface area (Å²) in [5.41, 5.74) is 5.32. The molecule has 0 saturated heterocycles. The van der Waals surface area contributed by atoms with Crippen molar-refractivity contribution in [3.63, 3.8) is 0 Å². The van der Waals surface area contributed by atoms with Crippen molar-refractivity contribution < 1.29 is 36.3 Å². The third-order valence-electron chi connectivity index (χ3n) is 3.97. The van der Waals surface area contributed by atoms with Gasteiger partial charge in [0.1, 0.15) is 11.8 Å². The molecule has 0 saturated carbocycles. The summed E-state index contributed by atoms with van der Waals surface area (Å²) in [4.78, 5) is 40.8. The van der Waals surface area contributed by atoms with Gasteiger partial charge >= 0.3 is 12.1 Å². The number of Topliss-reactive ketones (excluding diaryl/α,β-unsaturated/α-hetero) is 1. The molecule has 0 spiro atoms. The summed E-state index contributed by atoms with van der Waals surface area (Å²) in [6.45, 7) is 5.26. The highest BCUT2D eigenvalue weighted by Gasteiger charge is 2.66. The van der Waals surface area contributed by atoms with Gasteiger partial charge < -0.3 is 5.73 Å². The first-order chi connectivity index (χ1) is 12.1. The first-order valence-corrected chi connectivity index (χ1v) is 8.00. The van der Waals surface area contributed by atoms with Crippen molar-refractivity contribution in [2.24, 2.45) is 22.6 Å². The number of carbonyl (C=O) groups excluding carboxylic acids is 3. The molecule has 2 atom stereocenters. The van der Waals surface area contributed by atoms with Crippen LogP contribution in [0.5, 0.6) is 0 Å². The molecule has 0 fully saturated rings. The number of halogens is 6. The van der Waals surface area contributed by atoms with Crippen molar-refractivity contribution in [1.29, 1.82) is 0 Å². The zero-order valence-corrected chi connectivity index (χ0v) is 16.3. The van der Waals surface area contributed by atoms with Crippen LogP contribution in [-0.4, -0.2) is 52.4 Å². The van der Waals surface area contributed by atoms with Crippen molar-refractivity contribution in [1.82, 2.24) is 4.90 Å². The van der Waals surface area contributed by atoms with Crippen LogP contribution in [0.1, 0.15) is 27.7 Å². The standard InChI is InChI=1S/C16H20F5N3O3.ClH/c1-7(2)10(22)14(27)24(13(26)9-5-6-23-9)11(8(3)4)12(25)15(17,18)16(19,20)21;/h5-8,10-11H,22H2,1-4H3;1H/t10-,11?;/m0./s1. The van der Waals surface area contributed by atoms with Crippen LogP contribution in [0.3, 0.4) is 0 Å². The van der Waals surface area contributed by atoms with E-state index in [1.165, 1.54) is 13.8 Å². The summed E-state index contributed by atoms with van der Waals surface area (Å²) < 4.78 is 65.4. The number of imide groups is 1. The molecule has 0 radical (unpaired) electrons. The van der Waals surface area contributed by atoms with Gasteiger partial charge in [0.25, 0.3) is 5.91 Å². The zero-order valence-electron chi connectivity index (χ0n) is 15.5. The minimum absolute atomic E-state index is 0. The van der Waals surface area contributed by atoms with Crippen LogP contribution in [0.4, 0.5) is 22.0 Å². The average molecular weight is 434 g/mol. The van der Waals surface area contributed by atoms with Gasteiger partial charge in [-0.3, -0.25) is 24.3 Å². The minimum atomic E-state index is -6.18. The Morgan fingerprint density at radius 1 is 1.04 bits per heavy atom. The van der Waals surface area contributed by atoms with E-state index in [4.69, 9.17) is 5.73 Å². The lowest BCUT2D eigenvalue weighted by Gasteiger charge is -2.36. The van der Waals surface area contributed by atoms with Crippen molar-refractivity contribution in [2.45, 2.75) is 51.9 Å². The number of nitrogens with two attached hydrogens (primary N) is 1. The number of aliphatic imine (C=N–C) groups is 1. The van der Waals surface area contributed by atoms with Gasteiger partial charge in [-0.2, -0.15) is 22.0 Å². The Balaban J connectivity index is 0.00000729. The average Bonchev–Trinajstić information content (AvgIpc) is 2.46. The molecule has 160 valence electrons. The number of amides is 2. The quantitative estimate of drug-likeness (QED) is 0.624. The lowest BCUT2D eigenvalue weighted by molar-refractivity contribution is -0.271. The molecule has 0 aromatic rings. The van der Waals surface area contributed by atoms with Gasteiger partial charge in [-0.1, -0.05) is 27.7 Å². The monoisotopic (exact) mass is 433 g/mol. The summed E-state index contributed by atoms with van der Waals surface area (Å²) in [7, 11) is 0. The Labute approximate surface area is 164 Å². The summed E-state index contributed by atoms with van der Waals surface area (Å²) in [5, 5.41) is 0. The molecule has 1 aliphatic rings. The van der Waals surface area contributed by atoms with Gasteiger partial charge in [0, 0.05) is 6.20 Å². The first-order valence-electron chi connectivity index (χ1n) is 8.00. The second kappa shape index (κ2) is 9.08. The van der Waals surface area contributed by atoms with Crippen LogP contribution in [0.15, 0.2) is 17.3 Å². The number of hydrogen-bond donors (Lipinski definition) is 1. The maximum Gasteiger partial charge on any atom is 0.461 e. The fourth-order valence-electron chi connectivity index (χ4n) is 2.25. The van der Waals surface area contributed by atoms with Gasteiger partial charge in [0.2, 0.25) is 11.7 Å². The Bertz CT molecular complexity index is 690. The number of hydrogen-bond acceptors (Lipinski definition) is 5. The smallest absolute Gasteiger partial charge is 0.320 e. The van der Waals surface area contributed by atoms with Crippen LogP contribution in [0.2, 0.25) is 0 Å². The highest BCUT2D eigenvalue weighted by atomic mass is 35.5. The highest BCUT2D eigenvalue weighted by Crippen LogP contribution is 2.38. The molecule has 0 aliphatic carbocycles. The van der Waals surface area contributed by atoms with Crippen molar-refractivity contribution in [3.05, 3.63) is 12.3 Å². The van der Waals surface area contributed by atoms with E-state index in [1.807, 2.05) is 0 Å². The van der Waals surface area contributed by atoms with E-state index in [2.05, 4.69) is 4.99 Å². The summed E-state index contributed by atoms with van der Waals surface area (Å²) in [5.74, 6) is -12.7. The highest BCUT2D eigenvalue weighted by molar-refractivity contribution is 6.47. The Hall–Kier alpha value is -1.88. The SMILES string of the molecule is CC(C)C(C(=O)C(F)(F)C(F)(F)F)N(C(=O)C1=NC=C1)C(=O)[C@@H](N)C(C)C.Cl. The van der Waals surface area contributed by atoms with Crippen LogP contribution in [-0.2, 0) is 14.4 Å². The maximum atomic E-state index is 13.7. The van der Waals surface area contributed by atoms with E-state index in [1.54, 1.807) is 0 Å². The Morgan fingerprint density at radius 3 is 1.79 bits per heavy atom. The molecule has 0 bridgehead atoms. The predicted molar refractivity (Wildman–Crippen MR) is 93.1 cm³/mol. The number of carbonyl (C=O) groups is 3. The van der Waals surface area contributed by atoms with Gasteiger partial charge in [-0.25, -0.2) is 0 Å². The van der Waals surface area contributed by atoms with Crippen molar-refractivity contribution in [3.8, 4) is 0 Å². The second-order valence-electron chi connectivity index (χ2n) is 6.74. The lowest BCUT2D eigenvalue weighted by atomic mass is 9.91. The first kappa shape index (κ1) is 26.1. The van der Waals surface area contributed by atoms with E-state index in [-0.39, 0.29) is 23.0 Å². The zero-order chi connectivity index (χ0) is 21.3. The van der Waals surface area contributed by atoms with Gasteiger partial charge in [0.05, 0.1) is 6.04 Å². The van der Waals surface area contributed by atoms with E-state index in [9.17, 15) is 36.3 Å². The van der Waals surface area contributed by atoms with Crippen molar-refractivity contribution >= 4 is 35.7 Å². The molecule has 28 heavy (non-hydrogen) atoms. The van der Waals surface area contributed by atoms with Crippen LogP contribution in [0, 0.1) is 11.8 Å². The van der Waals surface area contributed by atoms with Crippen LogP contribution < -0.4 is 5.73 Å². The topological polar surface area (TPSA) is 92.8 Å². The molecule has 0 aromatic heterocycles. The summed E-state index contributed by atoms with van der Waals surface area (Å²) in [6, 6.07) is -3.77. The minimum Gasteiger partial charge on any atom is -0.320 e. The Morgan fingerprint density at radius 2 is 1.50 bits per heavy atom. The van der Waals surface area contributed by atoms with Crippen molar-refractivity contribution in [2.75, 3.05) is 0 Å². The fraction of sp³-hybridized carbons (Fsp3) is 0.625. The summed E-state index contributed by atoms with van der Waals surface area (Å²) in [6.07, 6.45) is -3.88. The number of alkyl halides is 5. The lowest BCUT2D eigenvalue weighted by Crippen LogP contribution is -2.63. The van der Waals surface area contributed by atoms with Crippen LogP contribution in [0.25, 0.3) is 0 Å². The Kier molecular flexibility index (Phi) is 8.47. The molecule has 2 N–H and O–H groups in total. The van der Waals surface area contributed by atoms with Gasteiger partial charge in [-0.15, -0.1) is 12.4 Å². The molecule has 12 heteroatoms. The van der Waals surface area contributed by atoms with E-state index in [0.717, 1.165) is 26.1 Å². The van der Waals surface area contributed by atoms with Gasteiger partial charge in [-0.05, 0) is 17.9 Å². The van der Waals surface area contributed by atoms with E-state index in [0.29, 0.717) is 0 Å². The third-order valence-corrected chi connectivity index (χ3v) is 3.97. The molecule has 6 nitrogen and oxygen atoms in total. The van der Waals surface area contributed by atoms with Gasteiger partial charge in [0.15, 0.2) is 0 Å². The number of ketones is 1. The number of rotatable bonds is 7. The maximum absolute atomic E-state index is 13.7. The van der Waals surface area contributed by atoms with E-state index >= 15 is 0 Å². The molecule has 2 amide bonds. The molecular weight excluding hydrogens is 413 g/mol. The molecule has 1 aliphatic heterocycles.